The fourth-order valence-electron chi connectivity index (χ4n) is 2.86. The van der Waals surface area contributed by atoms with Crippen LogP contribution in [0.15, 0.2) is 22.7 Å². The summed E-state index contributed by atoms with van der Waals surface area (Å²) in [5.41, 5.74) is 6.46. The quantitative estimate of drug-likeness (QED) is 0.920. The molecule has 2 N–H and O–H groups in total. The summed E-state index contributed by atoms with van der Waals surface area (Å²) >= 11 is 3.39. The van der Waals surface area contributed by atoms with Crippen LogP contribution in [0, 0.1) is 5.92 Å². The van der Waals surface area contributed by atoms with Crippen molar-refractivity contribution in [2.24, 2.45) is 11.7 Å². The highest BCUT2D eigenvalue weighted by atomic mass is 79.9. The molecule has 1 aromatic rings. The maximum Gasteiger partial charge on any atom is 0.257 e. The number of carbonyl (C=O) groups excluding carboxylic acids is 1. The number of hydrogen-bond acceptors (Lipinski definition) is 3. The third-order valence-electron chi connectivity index (χ3n) is 4.01. The van der Waals surface area contributed by atoms with Crippen LogP contribution in [0.3, 0.4) is 0 Å². The van der Waals surface area contributed by atoms with Gasteiger partial charge in [0.05, 0.1) is 12.7 Å². The number of ether oxygens (including phenoxy) is 1. The highest BCUT2D eigenvalue weighted by Crippen LogP contribution is 2.29. The molecule has 0 spiro atoms. The van der Waals surface area contributed by atoms with Crippen LogP contribution in [-0.4, -0.2) is 37.0 Å². The number of methoxy groups -OCH3 is 1. The normalized spacial score (nSPS) is 22.7. The Morgan fingerprint density at radius 1 is 1.55 bits per heavy atom. The van der Waals surface area contributed by atoms with Gasteiger partial charge in [0.25, 0.3) is 5.91 Å². The van der Waals surface area contributed by atoms with E-state index in [9.17, 15) is 4.79 Å². The number of benzene rings is 1. The molecule has 0 aromatic heterocycles. The minimum absolute atomic E-state index is 0.0105. The molecule has 1 fully saturated rings. The Balaban J connectivity index is 2.30. The Labute approximate surface area is 128 Å². The molecule has 1 aliphatic rings. The number of amides is 1. The van der Waals surface area contributed by atoms with E-state index in [1.165, 1.54) is 0 Å². The van der Waals surface area contributed by atoms with Gasteiger partial charge in [-0.2, -0.15) is 0 Å². The molecule has 4 nitrogen and oxygen atoms in total. The molecule has 2 unspecified atom stereocenters. The number of hydrogen-bond donors (Lipinski definition) is 1. The summed E-state index contributed by atoms with van der Waals surface area (Å²) in [6.45, 7) is 3.44. The van der Waals surface area contributed by atoms with Crippen LogP contribution in [0.25, 0.3) is 0 Å². The van der Waals surface area contributed by atoms with Crippen LogP contribution in [0.4, 0.5) is 0 Å². The van der Waals surface area contributed by atoms with Crippen LogP contribution in [0.1, 0.15) is 30.1 Å². The Morgan fingerprint density at radius 2 is 2.30 bits per heavy atom. The SMILES string of the molecule is COc1cc(Br)ccc1C(=O)N1CCCC(C)C1CN. The molecular formula is C15H21BrN2O2. The summed E-state index contributed by atoms with van der Waals surface area (Å²) in [5.74, 6) is 1.05. The van der Waals surface area contributed by atoms with Crippen molar-refractivity contribution in [1.29, 1.82) is 0 Å². The Bertz CT molecular complexity index is 493. The molecule has 0 bridgehead atoms. The van der Waals surface area contributed by atoms with Gasteiger partial charge in [-0.3, -0.25) is 4.79 Å². The van der Waals surface area contributed by atoms with Gasteiger partial charge in [-0.1, -0.05) is 22.9 Å². The lowest BCUT2D eigenvalue weighted by Crippen LogP contribution is -2.51. The lowest BCUT2D eigenvalue weighted by atomic mass is 9.90. The van der Waals surface area contributed by atoms with Crippen LogP contribution in [0.2, 0.25) is 0 Å². The first kappa shape index (κ1) is 15.3. The van der Waals surface area contributed by atoms with Crippen molar-refractivity contribution in [1.82, 2.24) is 4.90 Å². The molecule has 20 heavy (non-hydrogen) atoms. The molecule has 1 aromatic carbocycles. The van der Waals surface area contributed by atoms with Gasteiger partial charge in [-0.25, -0.2) is 0 Å². The van der Waals surface area contributed by atoms with Crippen molar-refractivity contribution in [3.05, 3.63) is 28.2 Å². The van der Waals surface area contributed by atoms with Crippen LogP contribution in [0.5, 0.6) is 5.75 Å². The molecule has 1 heterocycles. The number of carbonyl (C=O) groups is 1. The van der Waals surface area contributed by atoms with E-state index in [0.717, 1.165) is 23.9 Å². The lowest BCUT2D eigenvalue weighted by Gasteiger charge is -2.39. The molecule has 0 radical (unpaired) electrons. The molecule has 0 aliphatic carbocycles. The van der Waals surface area contributed by atoms with E-state index >= 15 is 0 Å². The van der Waals surface area contributed by atoms with E-state index in [0.29, 0.717) is 23.8 Å². The van der Waals surface area contributed by atoms with E-state index in [2.05, 4.69) is 22.9 Å². The fourth-order valence-corrected chi connectivity index (χ4v) is 3.20. The zero-order chi connectivity index (χ0) is 14.7. The predicted molar refractivity (Wildman–Crippen MR) is 83.0 cm³/mol. The number of nitrogens with two attached hydrogens (primary N) is 1. The van der Waals surface area contributed by atoms with Crippen molar-refractivity contribution in [2.75, 3.05) is 20.2 Å². The van der Waals surface area contributed by atoms with Crippen molar-refractivity contribution < 1.29 is 9.53 Å². The average molecular weight is 341 g/mol. The summed E-state index contributed by atoms with van der Waals surface area (Å²) in [7, 11) is 1.58. The molecule has 2 rings (SSSR count). The standard InChI is InChI=1S/C15H21BrN2O2/c1-10-4-3-7-18(13(10)9-17)15(19)12-6-5-11(16)8-14(12)20-2/h5-6,8,10,13H,3-4,7,9,17H2,1-2H3. The lowest BCUT2D eigenvalue weighted by molar-refractivity contribution is 0.0529. The van der Waals surface area contributed by atoms with Crippen molar-refractivity contribution in [3.8, 4) is 5.75 Å². The minimum Gasteiger partial charge on any atom is -0.496 e. The maximum absolute atomic E-state index is 12.8. The second-order valence-electron chi connectivity index (χ2n) is 5.27. The monoisotopic (exact) mass is 340 g/mol. The predicted octanol–water partition coefficient (Wildman–Crippen LogP) is 2.66. The largest absolute Gasteiger partial charge is 0.496 e. The number of halogens is 1. The van der Waals surface area contributed by atoms with Gasteiger partial charge in [0, 0.05) is 23.6 Å². The third kappa shape index (κ3) is 2.99. The van der Waals surface area contributed by atoms with Crippen LogP contribution >= 0.6 is 15.9 Å². The number of piperidine rings is 1. The van der Waals surface area contributed by atoms with Gasteiger partial charge >= 0.3 is 0 Å². The first-order valence-electron chi connectivity index (χ1n) is 6.93. The van der Waals surface area contributed by atoms with Crippen molar-refractivity contribution in [3.63, 3.8) is 0 Å². The Kier molecular flexibility index (Phi) is 5.05. The fraction of sp³-hybridized carbons (Fsp3) is 0.533. The van der Waals surface area contributed by atoms with Gasteiger partial charge in [0.2, 0.25) is 0 Å². The van der Waals surface area contributed by atoms with E-state index < -0.39 is 0 Å². The van der Waals surface area contributed by atoms with E-state index in [1.54, 1.807) is 13.2 Å². The summed E-state index contributed by atoms with van der Waals surface area (Å²) in [4.78, 5) is 14.7. The molecule has 1 aliphatic heterocycles. The highest BCUT2D eigenvalue weighted by molar-refractivity contribution is 9.10. The maximum atomic E-state index is 12.8. The zero-order valence-electron chi connectivity index (χ0n) is 11.9. The van der Waals surface area contributed by atoms with Gasteiger partial charge in [0.15, 0.2) is 0 Å². The molecule has 2 atom stereocenters. The molecule has 110 valence electrons. The van der Waals surface area contributed by atoms with Crippen LogP contribution in [-0.2, 0) is 0 Å². The minimum atomic E-state index is 0.0105. The molecular weight excluding hydrogens is 320 g/mol. The van der Waals surface area contributed by atoms with E-state index in [4.69, 9.17) is 10.5 Å². The average Bonchev–Trinajstić information content (AvgIpc) is 2.46. The molecule has 1 amide bonds. The first-order chi connectivity index (χ1) is 9.58. The highest BCUT2D eigenvalue weighted by Gasteiger charge is 2.32. The molecule has 5 heteroatoms. The van der Waals surface area contributed by atoms with Gasteiger partial charge in [-0.05, 0) is 37.0 Å². The smallest absolute Gasteiger partial charge is 0.257 e. The van der Waals surface area contributed by atoms with Crippen molar-refractivity contribution in [2.45, 2.75) is 25.8 Å². The second-order valence-corrected chi connectivity index (χ2v) is 6.18. The van der Waals surface area contributed by atoms with Crippen molar-refractivity contribution >= 4 is 21.8 Å². The van der Waals surface area contributed by atoms with Gasteiger partial charge in [-0.15, -0.1) is 0 Å². The van der Waals surface area contributed by atoms with E-state index in [1.807, 2.05) is 17.0 Å². The first-order valence-corrected chi connectivity index (χ1v) is 7.72. The number of nitrogens with zero attached hydrogens (tertiary/aromatic N) is 1. The summed E-state index contributed by atoms with van der Waals surface area (Å²) in [6, 6.07) is 5.60. The number of rotatable bonds is 3. The molecule has 0 saturated carbocycles. The van der Waals surface area contributed by atoms with Crippen LogP contribution < -0.4 is 10.5 Å². The topological polar surface area (TPSA) is 55.6 Å². The third-order valence-corrected chi connectivity index (χ3v) is 4.51. The summed E-state index contributed by atoms with van der Waals surface area (Å²) in [6.07, 6.45) is 2.16. The summed E-state index contributed by atoms with van der Waals surface area (Å²) < 4.78 is 6.22. The van der Waals surface area contributed by atoms with E-state index in [-0.39, 0.29) is 11.9 Å². The molecule has 1 saturated heterocycles. The zero-order valence-corrected chi connectivity index (χ0v) is 13.5. The Hall–Kier alpha value is -1.07. The second kappa shape index (κ2) is 6.59. The van der Waals surface area contributed by atoms with Gasteiger partial charge < -0.3 is 15.4 Å². The Morgan fingerprint density at radius 3 is 2.95 bits per heavy atom. The van der Waals surface area contributed by atoms with Gasteiger partial charge in [0.1, 0.15) is 5.75 Å². The number of likely N-dealkylation sites (tertiary alicyclic amines) is 1. The summed E-state index contributed by atoms with van der Waals surface area (Å²) in [5, 5.41) is 0.